The number of allylic oxidation sites excluding steroid dienone is 1. The second kappa shape index (κ2) is 11.4. The van der Waals surface area contributed by atoms with Crippen LogP contribution in [0.2, 0.25) is 0 Å². The zero-order chi connectivity index (χ0) is 31.3. The smallest absolute Gasteiger partial charge is 0.338 e. The van der Waals surface area contributed by atoms with Crippen molar-refractivity contribution >= 4 is 34.2 Å². The predicted molar refractivity (Wildman–Crippen MR) is 176 cm³/mol. The highest BCUT2D eigenvalue weighted by Crippen LogP contribution is 2.40. The van der Waals surface area contributed by atoms with Gasteiger partial charge in [0.15, 0.2) is 4.80 Å². The maximum absolute atomic E-state index is 14.4. The van der Waals surface area contributed by atoms with Crippen LogP contribution in [-0.4, -0.2) is 28.8 Å². The Hall–Kier alpha value is -4.69. The lowest BCUT2D eigenvalue weighted by atomic mass is 9.90. The Morgan fingerprint density at radius 2 is 1.77 bits per heavy atom. The molecule has 0 saturated carbocycles. The number of carbonyl (C=O) groups is 1. The molecule has 0 fully saturated rings. The van der Waals surface area contributed by atoms with Crippen molar-refractivity contribution in [2.45, 2.75) is 47.6 Å². The monoisotopic (exact) mass is 605 g/mol. The highest BCUT2D eigenvalue weighted by molar-refractivity contribution is 7.07. The first-order valence-corrected chi connectivity index (χ1v) is 15.5. The van der Waals surface area contributed by atoms with Crippen LogP contribution >= 0.6 is 11.3 Å². The van der Waals surface area contributed by atoms with E-state index in [1.165, 1.54) is 22.5 Å². The van der Waals surface area contributed by atoms with Crippen LogP contribution in [0.15, 0.2) is 81.7 Å². The second-order valence-corrected chi connectivity index (χ2v) is 12.1. The molecule has 7 nitrogen and oxygen atoms in total. The molecule has 8 heteroatoms. The minimum absolute atomic E-state index is 0.204. The molecule has 224 valence electrons. The predicted octanol–water partition coefficient (Wildman–Crippen LogP) is 5.98. The number of aromatic nitrogens is 2. The average Bonchev–Trinajstić information content (AvgIpc) is 3.46. The third-order valence-electron chi connectivity index (χ3n) is 8.45. The number of esters is 1. The summed E-state index contributed by atoms with van der Waals surface area (Å²) < 4.78 is 15.7. The van der Waals surface area contributed by atoms with E-state index in [1.807, 2.05) is 42.5 Å². The van der Waals surface area contributed by atoms with Crippen LogP contribution in [0.1, 0.15) is 53.5 Å². The van der Waals surface area contributed by atoms with Gasteiger partial charge in [0.1, 0.15) is 11.8 Å². The fourth-order valence-electron chi connectivity index (χ4n) is 6.14. The van der Waals surface area contributed by atoms with Crippen molar-refractivity contribution in [3.8, 4) is 11.4 Å². The van der Waals surface area contributed by atoms with Gasteiger partial charge in [0, 0.05) is 22.6 Å². The first kappa shape index (κ1) is 29.4. The van der Waals surface area contributed by atoms with Gasteiger partial charge in [-0.1, -0.05) is 47.7 Å². The van der Waals surface area contributed by atoms with Gasteiger partial charge in [-0.2, -0.15) is 0 Å². The zero-order valence-corrected chi connectivity index (χ0v) is 26.8. The van der Waals surface area contributed by atoms with Crippen molar-refractivity contribution in [2.24, 2.45) is 4.99 Å². The molecular weight excluding hydrogens is 570 g/mol. The molecule has 2 aromatic heterocycles. The maximum Gasteiger partial charge on any atom is 0.338 e. The molecule has 3 aromatic carbocycles. The Morgan fingerprint density at radius 1 is 1.00 bits per heavy atom. The molecule has 44 heavy (non-hydrogen) atoms. The fourth-order valence-corrected chi connectivity index (χ4v) is 7.17. The number of rotatable bonds is 6. The van der Waals surface area contributed by atoms with E-state index in [4.69, 9.17) is 14.5 Å². The SMILES string of the molecule is CCOC(=O)C1=C(C)N=c2s/c(=C/c3cc(C)n(-c4ccc(C)c(C)c4)c3C)c(=O)n2[C@@H]1c1c(OC)ccc2ccccc12. The van der Waals surface area contributed by atoms with Crippen LogP contribution in [0.4, 0.5) is 0 Å². The van der Waals surface area contributed by atoms with Crippen molar-refractivity contribution in [3.05, 3.63) is 125 Å². The quantitative estimate of drug-likeness (QED) is 0.223. The molecule has 0 radical (unpaired) electrons. The summed E-state index contributed by atoms with van der Waals surface area (Å²) in [5.74, 6) is 0.0802. The van der Waals surface area contributed by atoms with Crippen molar-refractivity contribution in [1.82, 2.24) is 9.13 Å². The number of ether oxygens (including phenoxy) is 2. The number of methoxy groups -OCH3 is 1. The van der Waals surface area contributed by atoms with Gasteiger partial charge in [0.05, 0.1) is 29.5 Å². The van der Waals surface area contributed by atoms with Crippen LogP contribution < -0.4 is 19.6 Å². The summed E-state index contributed by atoms with van der Waals surface area (Å²) in [7, 11) is 1.60. The highest BCUT2D eigenvalue weighted by Gasteiger charge is 2.36. The van der Waals surface area contributed by atoms with E-state index in [9.17, 15) is 9.59 Å². The Labute approximate surface area is 260 Å². The maximum atomic E-state index is 14.4. The Kier molecular flexibility index (Phi) is 7.63. The van der Waals surface area contributed by atoms with Crippen molar-refractivity contribution in [3.63, 3.8) is 0 Å². The molecular formula is C36H35N3O4S. The van der Waals surface area contributed by atoms with Crippen LogP contribution in [-0.2, 0) is 9.53 Å². The number of hydrogen-bond donors (Lipinski definition) is 0. The summed E-state index contributed by atoms with van der Waals surface area (Å²) in [6.07, 6.45) is 1.94. The first-order valence-electron chi connectivity index (χ1n) is 14.7. The van der Waals surface area contributed by atoms with Crippen molar-refractivity contribution in [1.29, 1.82) is 0 Å². The molecule has 0 aliphatic carbocycles. The molecule has 1 aliphatic rings. The molecule has 0 amide bonds. The zero-order valence-electron chi connectivity index (χ0n) is 26.0. The molecule has 0 saturated heterocycles. The van der Waals surface area contributed by atoms with Gasteiger partial charge in [-0.05, 0) is 99.3 Å². The van der Waals surface area contributed by atoms with Gasteiger partial charge in [0.25, 0.3) is 5.56 Å². The van der Waals surface area contributed by atoms with Gasteiger partial charge in [0.2, 0.25) is 0 Å². The third-order valence-corrected chi connectivity index (χ3v) is 9.43. The number of thiazole rings is 1. The van der Waals surface area contributed by atoms with Crippen LogP contribution in [0, 0.1) is 27.7 Å². The summed E-state index contributed by atoms with van der Waals surface area (Å²) in [5, 5.41) is 1.86. The average molecular weight is 606 g/mol. The van der Waals surface area contributed by atoms with Gasteiger partial charge in [-0.3, -0.25) is 9.36 Å². The van der Waals surface area contributed by atoms with Gasteiger partial charge < -0.3 is 14.0 Å². The number of aryl methyl sites for hydroxylation is 3. The minimum Gasteiger partial charge on any atom is -0.496 e. The minimum atomic E-state index is -0.781. The Balaban J connectivity index is 1.60. The largest absolute Gasteiger partial charge is 0.496 e. The summed E-state index contributed by atoms with van der Waals surface area (Å²) in [6, 6.07) is 19.5. The molecule has 1 atom stereocenters. The number of carbonyl (C=O) groups excluding carboxylic acids is 1. The lowest BCUT2D eigenvalue weighted by Gasteiger charge is -2.27. The van der Waals surface area contributed by atoms with E-state index in [0.717, 1.165) is 39.0 Å². The number of nitrogens with zero attached hydrogens (tertiary/aromatic N) is 3. The summed E-state index contributed by atoms with van der Waals surface area (Å²) in [5.41, 5.74) is 7.96. The van der Waals surface area contributed by atoms with Crippen LogP contribution in [0.25, 0.3) is 22.5 Å². The van der Waals surface area contributed by atoms with E-state index in [0.29, 0.717) is 26.4 Å². The number of benzene rings is 3. The normalized spacial score (nSPS) is 15.0. The van der Waals surface area contributed by atoms with Gasteiger partial charge in [-0.15, -0.1) is 0 Å². The molecule has 5 aromatic rings. The van der Waals surface area contributed by atoms with E-state index >= 15 is 0 Å². The molecule has 0 unspecified atom stereocenters. The van der Waals surface area contributed by atoms with Crippen molar-refractivity contribution in [2.75, 3.05) is 13.7 Å². The van der Waals surface area contributed by atoms with Gasteiger partial charge in [-0.25, -0.2) is 9.79 Å². The standard InChI is InChI=1S/C36H35N3O4S/c1-8-43-35(41)31-23(5)37-36-39(33(31)32-28-12-10-9-11-25(28)14-16-29(32)42-7)34(40)30(44-36)19-26-18-22(4)38(24(26)6)27-15-13-20(2)21(3)17-27/h9-19,33H,8H2,1-7H3/b30-19+/t33-/m0/s1. The van der Waals surface area contributed by atoms with E-state index in [2.05, 4.69) is 56.5 Å². The fraction of sp³-hybridized carbons (Fsp3) is 0.250. The van der Waals surface area contributed by atoms with Gasteiger partial charge >= 0.3 is 5.97 Å². The molecule has 1 aliphatic heterocycles. The van der Waals surface area contributed by atoms with E-state index in [1.54, 1.807) is 25.5 Å². The molecule has 3 heterocycles. The molecule has 0 N–H and O–H groups in total. The second-order valence-electron chi connectivity index (χ2n) is 11.1. The Bertz CT molecular complexity index is 2180. The molecule has 6 rings (SSSR count). The molecule has 0 spiro atoms. The highest BCUT2D eigenvalue weighted by atomic mass is 32.1. The van der Waals surface area contributed by atoms with E-state index in [-0.39, 0.29) is 12.2 Å². The van der Waals surface area contributed by atoms with Crippen LogP contribution in [0.3, 0.4) is 0 Å². The first-order chi connectivity index (χ1) is 21.1. The summed E-state index contributed by atoms with van der Waals surface area (Å²) in [4.78, 5) is 33.2. The molecule has 0 bridgehead atoms. The summed E-state index contributed by atoms with van der Waals surface area (Å²) in [6.45, 7) is 12.1. The number of hydrogen-bond acceptors (Lipinski definition) is 6. The number of fused-ring (bicyclic) bond motifs is 2. The van der Waals surface area contributed by atoms with E-state index < -0.39 is 12.0 Å². The lowest BCUT2D eigenvalue weighted by Crippen LogP contribution is -2.40. The lowest BCUT2D eigenvalue weighted by molar-refractivity contribution is -0.139. The Morgan fingerprint density at radius 3 is 2.50 bits per heavy atom. The third kappa shape index (κ3) is 4.79. The van der Waals surface area contributed by atoms with Crippen molar-refractivity contribution < 1.29 is 14.3 Å². The van der Waals surface area contributed by atoms with Crippen LogP contribution in [0.5, 0.6) is 5.75 Å². The topological polar surface area (TPSA) is 74.8 Å². The summed E-state index contributed by atoms with van der Waals surface area (Å²) >= 11 is 1.32.